The Balaban J connectivity index is 2.28. The maximum atomic E-state index is 6.04. The van der Waals surface area contributed by atoms with Gasteiger partial charge in [-0.25, -0.2) is 4.98 Å². The SMILES string of the molecule is CCCNC(c1cc(C)cnc1N)C1(C)CC1. The van der Waals surface area contributed by atoms with Gasteiger partial charge in [0.2, 0.25) is 0 Å². The second kappa shape index (κ2) is 4.65. The van der Waals surface area contributed by atoms with E-state index in [1.165, 1.54) is 24.0 Å². The van der Waals surface area contributed by atoms with Crippen LogP contribution in [0.4, 0.5) is 5.82 Å². The molecule has 0 aliphatic heterocycles. The summed E-state index contributed by atoms with van der Waals surface area (Å²) < 4.78 is 0. The third kappa shape index (κ3) is 2.60. The van der Waals surface area contributed by atoms with Gasteiger partial charge >= 0.3 is 0 Å². The van der Waals surface area contributed by atoms with Gasteiger partial charge in [-0.1, -0.05) is 13.8 Å². The van der Waals surface area contributed by atoms with E-state index in [0.29, 0.717) is 17.3 Å². The van der Waals surface area contributed by atoms with Crippen LogP contribution in [0.25, 0.3) is 0 Å². The molecule has 17 heavy (non-hydrogen) atoms. The van der Waals surface area contributed by atoms with Crippen LogP contribution in [0.1, 0.15) is 50.3 Å². The van der Waals surface area contributed by atoms with Gasteiger partial charge in [-0.15, -0.1) is 0 Å². The first-order valence-electron chi connectivity index (χ1n) is 6.52. The molecule has 0 amide bonds. The molecule has 1 aliphatic rings. The quantitative estimate of drug-likeness (QED) is 0.822. The summed E-state index contributed by atoms with van der Waals surface area (Å²) in [7, 11) is 0. The molecule has 3 N–H and O–H groups in total. The smallest absolute Gasteiger partial charge is 0.128 e. The molecular formula is C14H23N3. The molecule has 1 aromatic heterocycles. The fourth-order valence-corrected chi connectivity index (χ4v) is 2.34. The van der Waals surface area contributed by atoms with Crippen LogP contribution >= 0.6 is 0 Å². The Morgan fingerprint density at radius 3 is 2.82 bits per heavy atom. The van der Waals surface area contributed by atoms with Gasteiger partial charge in [0, 0.05) is 17.8 Å². The van der Waals surface area contributed by atoms with E-state index in [-0.39, 0.29) is 0 Å². The molecule has 0 spiro atoms. The van der Waals surface area contributed by atoms with Crippen molar-refractivity contribution in [2.24, 2.45) is 5.41 Å². The van der Waals surface area contributed by atoms with E-state index in [1.54, 1.807) is 0 Å². The zero-order chi connectivity index (χ0) is 12.5. The lowest BCUT2D eigenvalue weighted by Gasteiger charge is -2.26. The normalized spacial score (nSPS) is 19.0. The lowest BCUT2D eigenvalue weighted by molar-refractivity contribution is 0.367. The van der Waals surface area contributed by atoms with Crippen LogP contribution in [-0.2, 0) is 0 Å². The van der Waals surface area contributed by atoms with E-state index < -0.39 is 0 Å². The first-order valence-corrected chi connectivity index (χ1v) is 6.52. The number of rotatable bonds is 5. The molecule has 0 saturated heterocycles. The fourth-order valence-electron chi connectivity index (χ4n) is 2.34. The summed E-state index contributed by atoms with van der Waals surface area (Å²) in [5.74, 6) is 0.678. The molecule has 0 bridgehead atoms. The second-order valence-corrected chi connectivity index (χ2v) is 5.53. The summed E-state index contributed by atoms with van der Waals surface area (Å²) in [5.41, 5.74) is 8.77. The van der Waals surface area contributed by atoms with Crippen LogP contribution in [0.5, 0.6) is 0 Å². The van der Waals surface area contributed by atoms with Crippen LogP contribution in [0.3, 0.4) is 0 Å². The molecule has 2 rings (SSSR count). The summed E-state index contributed by atoms with van der Waals surface area (Å²) in [4.78, 5) is 4.29. The first-order chi connectivity index (χ1) is 8.07. The van der Waals surface area contributed by atoms with E-state index in [4.69, 9.17) is 5.73 Å². The molecule has 1 atom stereocenters. The molecule has 1 unspecified atom stereocenters. The number of nitrogens with zero attached hydrogens (tertiary/aromatic N) is 1. The van der Waals surface area contributed by atoms with Gasteiger partial charge in [-0.05, 0) is 49.8 Å². The minimum atomic E-state index is 0.356. The minimum absolute atomic E-state index is 0.356. The van der Waals surface area contributed by atoms with Crippen molar-refractivity contribution in [3.05, 3.63) is 23.4 Å². The van der Waals surface area contributed by atoms with Crippen LogP contribution in [0.2, 0.25) is 0 Å². The molecule has 1 aromatic rings. The second-order valence-electron chi connectivity index (χ2n) is 5.53. The van der Waals surface area contributed by atoms with Crippen molar-refractivity contribution in [2.45, 2.75) is 46.1 Å². The highest BCUT2D eigenvalue weighted by Gasteiger charge is 2.45. The third-order valence-corrected chi connectivity index (χ3v) is 3.73. The minimum Gasteiger partial charge on any atom is -0.383 e. The number of anilines is 1. The van der Waals surface area contributed by atoms with Crippen LogP contribution in [0, 0.1) is 12.3 Å². The number of aromatic nitrogens is 1. The van der Waals surface area contributed by atoms with Gasteiger partial charge in [0.1, 0.15) is 5.82 Å². The molecule has 0 aromatic carbocycles. The predicted molar refractivity (Wildman–Crippen MR) is 71.8 cm³/mol. The molecule has 1 fully saturated rings. The molecule has 1 aliphatic carbocycles. The Morgan fingerprint density at radius 1 is 1.53 bits per heavy atom. The Hall–Kier alpha value is -1.09. The Kier molecular flexibility index (Phi) is 3.38. The summed E-state index contributed by atoms with van der Waals surface area (Å²) in [6.07, 6.45) is 5.54. The van der Waals surface area contributed by atoms with Crippen LogP contribution < -0.4 is 11.1 Å². The molecule has 1 saturated carbocycles. The van der Waals surface area contributed by atoms with Crippen molar-refractivity contribution in [2.75, 3.05) is 12.3 Å². The number of nitrogen functional groups attached to an aromatic ring is 1. The Labute approximate surface area is 104 Å². The number of aryl methyl sites for hydroxylation is 1. The van der Waals surface area contributed by atoms with Crippen molar-refractivity contribution in [3.63, 3.8) is 0 Å². The first kappa shape index (κ1) is 12.4. The molecule has 3 heteroatoms. The average molecular weight is 233 g/mol. The third-order valence-electron chi connectivity index (χ3n) is 3.73. The van der Waals surface area contributed by atoms with Gasteiger partial charge in [-0.2, -0.15) is 0 Å². The number of nitrogens with two attached hydrogens (primary N) is 1. The highest BCUT2D eigenvalue weighted by molar-refractivity contribution is 5.44. The lowest BCUT2D eigenvalue weighted by Crippen LogP contribution is -2.29. The van der Waals surface area contributed by atoms with E-state index in [2.05, 4.69) is 37.1 Å². The van der Waals surface area contributed by atoms with Gasteiger partial charge in [0.25, 0.3) is 0 Å². The summed E-state index contributed by atoms with van der Waals surface area (Å²) >= 11 is 0. The Bertz CT molecular complexity index is 396. The molecule has 94 valence electrons. The monoisotopic (exact) mass is 233 g/mol. The molecule has 3 nitrogen and oxygen atoms in total. The highest BCUT2D eigenvalue weighted by atomic mass is 15.0. The zero-order valence-electron chi connectivity index (χ0n) is 11.1. The number of nitrogens with one attached hydrogen (secondary N) is 1. The number of hydrogen-bond donors (Lipinski definition) is 2. The maximum Gasteiger partial charge on any atom is 0.128 e. The van der Waals surface area contributed by atoms with Gasteiger partial charge in [0.05, 0.1) is 0 Å². The van der Waals surface area contributed by atoms with Crippen LogP contribution in [-0.4, -0.2) is 11.5 Å². The topological polar surface area (TPSA) is 50.9 Å². The van der Waals surface area contributed by atoms with E-state index in [0.717, 1.165) is 13.0 Å². The van der Waals surface area contributed by atoms with E-state index >= 15 is 0 Å². The highest BCUT2D eigenvalue weighted by Crippen LogP contribution is 2.55. The van der Waals surface area contributed by atoms with Crippen LogP contribution in [0.15, 0.2) is 12.3 Å². The zero-order valence-corrected chi connectivity index (χ0v) is 11.1. The largest absolute Gasteiger partial charge is 0.383 e. The van der Waals surface area contributed by atoms with Crippen molar-refractivity contribution in [1.82, 2.24) is 10.3 Å². The van der Waals surface area contributed by atoms with E-state index in [9.17, 15) is 0 Å². The number of pyridine rings is 1. The van der Waals surface area contributed by atoms with Crippen molar-refractivity contribution in [3.8, 4) is 0 Å². The van der Waals surface area contributed by atoms with Gasteiger partial charge in [0.15, 0.2) is 0 Å². The molecule has 0 radical (unpaired) electrons. The van der Waals surface area contributed by atoms with Crippen molar-refractivity contribution < 1.29 is 0 Å². The van der Waals surface area contributed by atoms with Gasteiger partial charge < -0.3 is 11.1 Å². The fraction of sp³-hybridized carbons (Fsp3) is 0.643. The lowest BCUT2D eigenvalue weighted by atomic mass is 9.91. The Morgan fingerprint density at radius 2 is 2.24 bits per heavy atom. The summed E-state index contributed by atoms with van der Waals surface area (Å²) in [5, 5.41) is 3.64. The van der Waals surface area contributed by atoms with Crippen molar-refractivity contribution >= 4 is 5.82 Å². The van der Waals surface area contributed by atoms with Crippen molar-refractivity contribution in [1.29, 1.82) is 0 Å². The maximum absolute atomic E-state index is 6.04. The van der Waals surface area contributed by atoms with E-state index in [1.807, 2.05) is 6.20 Å². The predicted octanol–water partition coefficient (Wildman–Crippen LogP) is 2.81. The van der Waals surface area contributed by atoms with Gasteiger partial charge in [-0.3, -0.25) is 0 Å². The standard InChI is InChI=1S/C14H23N3/c1-4-7-16-12(14(3)5-6-14)11-8-10(2)9-17-13(11)15/h8-9,12,16H,4-7H2,1-3H3,(H2,15,17). The summed E-state index contributed by atoms with van der Waals surface area (Å²) in [6, 6.07) is 2.54. The summed E-state index contributed by atoms with van der Waals surface area (Å²) in [6.45, 7) is 7.63. The number of hydrogen-bond acceptors (Lipinski definition) is 3. The molecule has 1 heterocycles. The molecular weight excluding hydrogens is 210 g/mol. The average Bonchev–Trinajstić information content (AvgIpc) is 3.03.